The fraction of sp³-hybridized carbons (Fsp3) is 0.385. The summed E-state index contributed by atoms with van der Waals surface area (Å²) >= 11 is 1.15. The number of likely N-dealkylation sites (tertiary alicyclic amines) is 1. The van der Waals surface area contributed by atoms with Crippen LogP contribution in [0.5, 0.6) is 0 Å². The molecule has 2 aromatic heterocycles. The van der Waals surface area contributed by atoms with Crippen LogP contribution >= 0.6 is 11.5 Å². The first kappa shape index (κ1) is 12.5. The molecule has 2 atom stereocenters. The molecule has 0 bridgehead atoms. The number of nitrogens with zero attached hydrogens (tertiary/aromatic N) is 4. The molecule has 4 heterocycles. The van der Waals surface area contributed by atoms with E-state index in [9.17, 15) is 9.59 Å². The van der Waals surface area contributed by atoms with Crippen LogP contribution in [0.15, 0.2) is 28.4 Å². The van der Waals surface area contributed by atoms with Crippen LogP contribution in [0.25, 0.3) is 0 Å². The van der Waals surface area contributed by atoms with Crippen LogP contribution < -0.4 is 4.90 Å². The van der Waals surface area contributed by atoms with E-state index in [-0.39, 0.29) is 23.7 Å². The average Bonchev–Trinajstić information content (AvgIpc) is 3.25. The van der Waals surface area contributed by atoms with Gasteiger partial charge in [0.2, 0.25) is 5.91 Å². The number of fused-ring (bicyclic) bond motifs is 1. The Hall–Kier alpha value is -2.22. The highest BCUT2D eigenvalue weighted by molar-refractivity contribution is 7.03. The summed E-state index contributed by atoms with van der Waals surface area (Å²) in [6, 6.07) is 1.78. The van der Waals surface area contributed by atoms with Crippen molar-refractivity contribution in [3.05, 3.63) is 29.7 Å². The summed E-state index contributed by atoms with van der Waals surface area (Å²) in [5.41, 5.74) is 1.15. The van der Waals surface area contributed by atoms with Crippen molar-refractivity contribution in [1.82, 2.24) is 14.5 Å². The molecule has 2 aromatic rings. The molecule has 2 aliphatic rings. The zero-order valence-electron chi connectivity index (χ0n) is 11.0. The first-order valence-corrected chi connectivity index (χ1v) is 7.47. The molecule has 7 nitrogen and oxygen atoms in total. The third-order valence-electron chi connectivity index (χ3n) is 4.13. The minimum absolute atomic E-state index is 0.0631. The molecule has 2 saturated heterocycles. The molecule has 0 aromatic carbocycles. The fourth-order valence-corrected chi connectivity index (χ4v) is 3.52. The van der Waals surface area contributed by atoms with Gasteiger partial charge in [0.1, 0.15) is 6.26 Å². The van der Waals surface area contributed by atoms with Crippen LogP contribution in [0.3, 0.4) is 0 Å². The predicted octanol–water partition coefficient (Wildman–Crippen LogP) is 0.866. The van der Waals surface area contributed by atoms with Crippen molar-refractivity contribution < 1.29 is 14.0 Å². The van der Waals surface area contributed by atoms with Gasteiger partial charge in [-0.3, -0.25) is 9.59 Å². The van der Waals surface area contributed by atoms with Crippen LogP contribution in [0.4, 0.5) is 5.69 Å². The monoisotopic (exact) mass is 304 g/mol. The quantitative estimate of drug-likeness (QED) is 0.822. The summed E-state index contributed by atoms with van der Waals surface area (Å²) in [6.07, 6.45) is 3.13. The van der Waals surface area contributed by atoms with E-state index < -0.39 is 0 Å². The smallest absolute Gasteiger partial charge is 0.275 e. The van der Waals surface area contributed by atoms with Crippen LogP contribution in [0.2, 0.25) is 0 Å². The number of anilines is 1. The van der Waals surface area contributed by atoms with E-state index in [0.717, 1.165) is 17.2 Å². The summed E-state index contributed by atoms with van der Waals surface area (Å²) in [5, 5.41) is 5.43. The molecule has 2 amide bonds. The van der Waals surface area contributed by atoms with Crippen molar-refractivity contribution in [2.45, 2.75) is 0 Å². The Morgan fingerprint density at radius 2 is 2.29 bits per heavy atom. The van der Waals surface area contributed by atoms with E-state index in [4.69, 9.17) is 4.42 Å². The van der Waals surface area contributed by atoms with Gasteiger partial charge in [-0.05, 0) is 11.5 Å². The summed E-state index contributed by atoms with van der Waals surface area (Å²) in [5.74, 6) is -0.0349. The zero-order chi connectivity index (χ0) is 14.4. The minimum atomic E-state index is -0.138. The lowest BCUT2D eigenvalue weighted by Crippen LogP contribution is -2.35. The SMILES string of the molecule is O=C(c1csnn1)N1C[C@H]2CN(c3ccoc3)C(=O)[C@H]2C1. The molecule has 0 spiro atoms. The summed E-state index contributed by atoms with van der Waals surface area (Å²) in [6.45, 7) is 1.66. The van der Waals surface area contributed by atoms with Crippen molar-refractivity contribution in [1.29, 1.82) is 0 Å². The van der Waals surface area contributed by atoms with E-state index in [0.29, 0.717) is 25.3 Å². The van der Waals surface area contributed by atoms with Gasteiger partial charge in [0.05, 0.1) is 17.9 Å². The van der Waals surface area contributed by atoms with Crippen molar-refractivity contribution in [3.8, 4) is 0 Å². The first-order chi connectivity index (χ1) is 10.2. The lowest BCUT2D eigenvalue weighted by Gasteiger charge is -2.20. The van der Waals surface area contributed by atoms with Gasteiger partial charge in [0.25, 0.3) is 5.91 Å². The molecule has 0 N–H and O–H groups in total. The molecule has 8 heteroatoms. The van der Waals surface area contributed by atoms with Crippen LogP contribution in [0, 0.1) is 11.8 Å². The van der Waals surface area contributed by atoms with E-state index in [1.165, 1.54) is 0 Å². The fourth-order valence-electron chi connectivity index (χ4n) is 3.09. The summed E-state index contributed by atoms with van der Waals surface area (Å²) in [4.78, 5) is 28.2. The zero-order valence-corrected chi connectivity index (χ0v) is 11.8. The molecular formula is C13H12N4O3S. The Bertz CT molecular complexity index is 670. The molecule has 21 heavy (non-hydrogen) atoms. The number of amides is 2. The second-order valence-electron chi connectivity index (χ2n) is 5.30. The Balaban J connectivity index is 1.50. The maximum atomic E-state index is 12.5. The Labute approximate surface area is 124 Å². The summed E-state index contributed by atoms with van der Waals surface area (Å²) < 4.78 is 8.74. The predicted molar refractivity (Wildman–Crippen MR) is 73.9 cm³/mol. The summed E-state index contributed by atoms with van der Waals surface area (Å²) in [7, 11) is 0. The van der Waals surface area contributed by atoms with E-state index in [2.05, 4.69) is 9.59 Å². The highest BCUT2D eigenvalue weighted by Gasteiger charge is 2.48. The first-order valence-electron chi connectivity index (χ1n) is 6.64. The van der Waals surface area contributed by atoms with E-state index >= 15 is 0 Å². The van der Waals surface area contributed by atoms with Gasteiger partial charge in [0.15, 0.2) is 5.69 Å². The van der Waals surface area contributed by atoms with Gasteiger partial charge in [-0.25, -0.2) is 0 Å². The number of rotatable bonds is 2. The number of hydrogen-bond acceptors (Lipinski definition) is 6. The van der Waals surface area contributed by atoms with Gasteiger partial charge in [-0.2, -0.15) is 0 Å². The van der Waals surface area contributed by atoms with Gasteiger partial charge in [0, 0.05) is 37.0 Å². The molecule has 0 radical (unpaired) electrons. The molecule has 0 saturated carbocycles. The highest BCUT2D eigenvalue weighted by atomic mass is 32.1. The maximum Gasteiger partial charge on any atom is 0.275 e. The highest BCUT2D eigenvalue weighted by Crippen LogP contribution is 2.35. The van der Waals surface area contributed by atoms with E-state index in [1.54, 1.807) is 33.8 Å². The molecular weight excluding hydrogens is 292 g/mol. The Morgan fingerprint density at radius 1 is 1.38 bits per heavy atom. The van der Waals surface area contributed by atoms with Crippen molar-refractivity contribution in [3.63, 3.8) is 0 Å². The second kappa shape index (κ2) is 4.66. The number of furan rings is 1. The normalized spacial score (nSPS) is 24.7. The molecule has 0 unspecified atom stereocenters. The number of carbonyl (C=O) groups is 2. The third-order valence-corrected chi connectivity index (χ3v) is 4.63. The number of carbonyl (C=O) groups excluding carboxylic acids is 2. The topological polar surface area (TPSA) is 79.5 Å². The molecule has 0 aliphatic carbocycles. The maximum absolute atomic E-state index is 12.5. The van der Waals surface area contributed by atoms with Gasteiger partial charge < -0.3 is 14.2 Å². The van der Waals surface area contributed by atoms with Gasteiger partial charge in [-0.15, -0.1) is 5.10 Å². The number of hydrogen-bond donors (Lipinski definition) is 0. The van der Waals surface area contributed by atoms with Gasteiger partial charge >= 0.3 is 0 Å². The Kier molecular flexibility index (Phi) is 2.78. The largest absolute Gasteiger partial charge is 0.470 e. The second-order valence-corrected chi connectivity index (χ2v) is 5.91. The lowest BCUT2D eigenvalue weighted by atomic mass is 10.0. The van der Waals surface area contributed by atoms with Crippen LogP contribution in [-0.4, -0.2) is 45.9 Å². The van der Waals surface area contributed by atoms with Crippen molar-refractivity contribution in [2.75, 3.05) is 24.5 Å². The molecule has 108 valence electrons. The van der Waals surface area contributed by atoms with Gasteiger partial charge in [-0.1, -0.05) is 4.49 Å². The standard InChI is InChI=1S/C13H12N4O3S/c18-12-10-5-16(13(19)11-7-21-15-14-11)3-8(10)4-17(12)9-1-2-20-6-9/h1-2,6-8,10H,3-5H2/t8-,10-/m0/s1. The minimum Gasteiger partial charge on any atom is -0.470 e. The number of aromatic nitrogens is 2. The van der Waals surface area contributed by atoms with Crippen LogP contribution in [0.1, 0.15) is 10.5 Å². The van der Waals surface area contributed by atoms with Crippen molar-refractivity contribution >= 4 is 29.0 Å². The van der Waals surface area contributed by atoms with E-state index in [1.807, 2.05) is 0 Å². The Morgan fingerprint density at radius 3 is 2.95 bits per heavy atom. The van der Waals surface area contributed by atoms with Crippen molar-refractivity contribution in [2.24, 2.45) is 11.8 Å². The lowest BCUT2D eigenvalue weighted by molar-refractivity contribution is -0.120. The van der Waals surface area contributed by atoms with Crippen LogP contribution in [-0.2, 0) is 4.79 Å². The molecule has 2 aliphatic heterocycles. The average molecular weight is 304 g/mol. The molecule has 2 fully saturated rings. The molecule has 4 rings (SSSR count). The third kappa shape index (κ3) is 1.94.